The summed E-state index contributed by atoms with van der Waals surface area (Å²) in [6.07, 6.45) is -0.631. The van der Waals surface area contributed by atoms with Crippen LogP contribution < -0.4 is 16.0 Å². The summed E-state index contributed by atoms with van der Waals surface area (Å²) in [6, 6.07) is 0. The molecule has 88 valence electrons. The predicted molar refractivity (Wildman–Crippen MR) is 51.1 cm³/mol. The first-order chi connectivity index (χ1) is 7.61. The second kappa shape index (κ2) is 4.16. The maximum absolute atomic E-state index is 11.5. The zero-order valence-electron chi connectivity index (χ0n) is 8.41. The lowest BCUT2D eigenvalue weighted by molar-refractivity contribution is -0.776. The van der Waals surface area contributed by atoms with Crippen LogP contribution in [0.5, 0.6) is 0 Å². The van der Waals surface area contributed by atoms with Crippen LogP contribution in [0.4, 0.5) is 5.95 Å². The van der Waals surface area contributed by atoms with Crippen molar-refractivity contribution in [3.8, 4) is 0 Å². The van der Waals surface area contributed by atoms with E-state index in [4.69, 9.17) is 15.6 Å². The average Bonchev–Trinajstić information content (AvgIpc) is 2.59. The highest BCUT2D eigenvalue weighted by atomic mass is 16.5. The first-order valence-corrected chi connectivity index (χ1v) is 4.82. The molecule has 1 saturated heterocycles. The lowest BCUT2D eigenvalue weighted by atomic mass is 10.2. The molecule has 5 N–H and O–H groups in total. The number of nitrogens with one attached hydrogen (secondary N) is 1. The molecule has 0 aliphatic carbocycles. The minimum absolute atomic E-state index is 0.0125. The Morgan fingerprint density at radius 1 is 1.75 bits per heavy atom. The van der Waals surface area contributed by atoms with Crippen molar-refractivity contribution in [1.29, 1.82) is 0 Å². The summed E-state index contributed by atoms with van der Waals surface area (Å²) in [5.74, 6) is 0.0125. The van der Waals surface area contributed by atoms with E-state index in [1.807, 2.05) is 0 Å². The van der Waals surface area contributed by atoms with Gasteiger partial charge in [0.15, 0.2) is 6.23 Å². The fourth-order valence-corrected chi connectivity index (χ4v) is 1.64. The smallest absolute Gasteiger partial charge is 0.394 e. The van der Waals surface area contributed by atoms with Crippen LogP contribution >= 0.6 is 0 Å². The number of nitrogen functional groups attached to an aromatic ring is 1. The lowest BCUT2D eigenvalue weighted by Gasteiger charge is -2.09. The molecule has 1 aliphatic heterocycles. The maximum Gasteiger partial charge on any atom is 0.446 e. The van der Waals surface area contributed by atoms with Crippen LogP contribution in [0.1, 0.15) is 12.6 Å². The van der Waals surface area contributed by atoms with E-state index in [-0.39, 0.29) is 19.0 Å². The largest absolute Gasteiger partial charge is 0.446 e. The van der Waals surface area contributed by atoms with Crippen molar-refractivity contribution < 1.29 is 19.5 Å². The predicted octanol–water partition coefficient (Wildman–Crippen LogP) is -2.72. The third kappa shape index (κ3) is 1.90. The molecule has 3 atom stereocenters. The van der Waals surface area contributed by atoms with Gasteiger partial charge in [-0.15, -0.1) is 0 Å². The molecule has 8 heteroatoms. The third-order valence-corrected chi connectivity index (χ3v) is 2.49. The summed E-state index contributed by atoms with van der Waals surface area (Å²) in [7, 11) is 0. The Labute approximate surface area is 90.3 Å². The molecule has 8 nitrogen and oxygen atoms in total. The average molecular weight is 229 g/mol. The second-order valence-electron chi connectivity index (χ2n) is 3.58. The Morgan fingerprint density at radius 2 is 2.50 bits per heavy atom. The van der Waals surface area contributed by atoms with E-state index >= 15 is 0 Å². The van der Waals surface area contributed by atoms with Gasteiger partial charge in [-0.1, -0.05) is 4.98 Å². The van der Waals surface area contributed by atoms with Crippen LogP contribution in [0.25, 0.3) is 0 Å². The van der Waals surface area contributed by atoms with Gasteiger partial charge in [0.2, 0.25) is 6.33 Å². The molecule has 0 radical (unpaired) electrons. The number of H-pyrrole nitrogens is 1. The van der Waals surface area contributed by atoms with Crippen LogP contribution in [0.15, 0.2) is 11.1 Å². The van der Waals surface area contributed by atoms with E-state index in [1.54, 1.807) is 0 Å². The molecule has 0 unspecified atom stereocenters. The molecule has 0 aromatic carbocycles. The van der Waals surface area contributed by atoms with E-state index in [2.05, 4.69) is 9.97 Å². The molecule has 1 aromatic rings. The van der Waals surface area contributed by atoms with Gasteiger partial charge in [-0.25, -0.2) is 4.79 Å². The van der Waals surface area contributed by atoms with Gasteiger partial charge in [0.05, 0.1) is 12.7 Å². The Balaban J connectivity index is 2.23. The summed E-state index contributed by atoms with van der Waals surface area (Å²) in [5, 5.41) is 18.4. The van der Waals surface area contributed by atoms with E-state index < -0.39 is 24.1 Å². The zero-order chi connectivity index (χ0) is 11.7. The van der Waals surface area contributed by atoms with Gasteiger partial charge in [-0.3, -0.25) is 0 Å². The van der Waals surface area contributed by atoms with Crippen molar-refractivity contribution >= 4 is 5.95 Å². The number of hydrogen-bond donors (Lipinski definition) is 4. The van der Waals surface area contributed by atoms with Gasteiger partial charge in [0.25, 0.3) is 0 Å². The topological polar surface area (TPSA) is 125 Å². The van der Waals surface area contributed by atoms with Crippen LogP contribution in [0.3, 0.4) is 0 Å². The van der Waals surface area contributed by atoms with Crippen molar-refractivity contribution in [2.75, 3.05) is 12.3 Å². The van der Waals surface area contributed by atoms with E-state index in [9.17, 15) is 9.90 Å². The highest BCUT2D eigenvalue weighted by Gasteiger charge is 2.37. The molecule has 0 bridgehead atoms. The molecule has 1 aliphatic rings. The highest BCUT2D eigenvalue weighted by molar-refractivity contribution is 5.07. The number of aliphatic hydroxyl groups is 2. The zero-order valence-corrected chi connectivity index (χ0v) is 8.41. The number of hydrogen-bond acceptors (Lipinski definition) is 6. The van der Waals surface area contributed by atoms with E-state index in [0.717, 1.165) is 0 Å². The van der Waals surface area contributed by atoms with Gasteiger partial charge >= 0.3 is 11.6 Å². The fourth-order valence-electron chi connectivity index (χ4n) is 1.64. The number of ether oxygens (including phenoxy) is 1. The number of nitrogens with two attached hydrogens (primary N) is 1. The third-order valence-electron chi connectivity index (χ3n) is 2.49. The summed E-state index contributed by atoms with van der Waals surface area (Å²) < 4.78 is 6.48. The number of anilines is 1. The highest BCUT2D eigenvalue weighted by Crippen LogP contribution is 2.23. The molecule has 2 rings (SSSR count). The Hall–Kier alpha value is -1.51. The van der Waals surface area contributed by atoms with Crippen molar-refractivity contribution in [1.82, 2.24) is 9.97 Å². The molecular formula is C8H13N4O4+. The molecule has 2 heterocycles. The lowest BCUT2D eigenvalue weighted by Crippen LogP contribution is -2.55. The summed E-state index contributed by atoms with van der Waals surface area (Å²) in [4.78, 5) is 17.5. The van der Waals surface area contributed by atoms with Crippen LogP contribution in [0, 0.1) is 0 Å². The molecule has 1 aromatic heterocycles. The van der Waals surface area contributed by atoms with Gasteiger partial charge in [-0.2, -0.15) is 9.55 Å². The Bertz CT molecular complexity index is 434. The van der Waals surface area contributed by atoms with Gasteiger partial charge in [-0.05, 0) is 0 Å². The van der Waals surface area contributed by atoms with Crippen molar-refractivity contribution in [2.45, 2.75) is 24.9 Å². The monoisotopic (exact) mass is 229 g/mol. The number of rotatable bonds is 2. The quantitative estimate of drug-likeness (QED) is 0.408. The van der Waals surface area contributed by atoms with Crippen LogP contribution in [-0.2, 0) is 4.74 Å². The van der Waals surface area contributed by atoms with E-state index in [1.165, 1.54) is 10.9 Å². The SMILES string of the molecule is Nc1nc[n+]([C@@H]2C[C@@H](O)[C@H](CO)O2)c(=O)[nH]1. The standard InChI is InChI=1S/C8H12N4O4/c9-7-10-3-12(8(15)11-7)6-1-4(14)5(2-13)16-6/h3-6,13-14H,1-2H2,(H2,9,11,15)/p+1/t4-,5+,6+/m1/s1. The molecule has 16 heavy (non-hydrogen) atoms. The number of aliphatic hydroxyl groups excluding tert-OH is 2. The van der Waals surface area contributed by atoms with Gasteiger partial charge < -0.3 is 20.7 Å². The van der Waals surface area contributed by atoms with Crippen molar-refractivity contribution in [3.05, 3.63) is 16.8 Å². The van der Waals surface area contributed by atoms with Gasteiger partial charge in [0.1, 0.15) is 6.10 Å². The van der Waals surface area contributed by atoms with Crippen LogP contribution in [0.2, 0.25) is 0 Å². The summed E-state index contributed by atoms with van der Waals surface area (Å²) in [6.45, 7) is -0.293. The minimum atomic E-state index is -0.792. The van der Waals surface area contributed by atoms with Gasteiger partial charge in [0, 0.05) is 6.42 Å². The van der Waals surface area contributed by atoms with Crippen LogP contribution in [-0.4, -0.2) is 39.0 Å². The normalized spacial score (nSPS) is 29.5. The fraction of sp³-hybridized carbons (Fsp3) is 0.625. The summed E-state index contributed by atoms with van der Waals surface area (Å²) >= 11 is 0. The van der Waals surface area contributed by atoms with Crippen molar-refractivity contribution in [2.24, 2.45) is 0 Å². The summed E-state index contributed by atoms with van der Waals surface area (Å²) in [5.41, 5.74) is 4.83. The molecule has 0 saturated carbocycles. The maximum atomic E-state index is 11.5. The minimum Gasteiger partial charge on any atom is -0.394 e. The molecular weight excluding hydrogens is 216 g/mol. The number of aromatic amines is 1. The van der Waals surface area contributed by atoms with Crippen molar-refractivity contribution in [3.63, 3.8) is 0 Å². The first kappa shape index (κ1) is 11.0. The second-order valence-corrected chi connectivity index (χ2v) is 3.58. The molecule has 1 fully saturated rings. The number of aromatic nitrogens is 3. The molecule has 0 amide bonds. The Kier molecular flexibility index (Phi) is 2.86. The number of nitrogens with zero attached hydrogens (tertiary/aromatic N) is 2. The Morgan fingerprint density at radius 3 is 3.06 bits per heavy atom. The molecule has 0 spiro atoms. The first-order valence-electron chi connectivity index (χ1n) is 4.82. The van der Waals surface area contributed by atoms with E-state index in [0.29, 0.717) is 0 Å².